The molecular weight excluding hydrogens is 375 g/mol. The van der Waals surface area contributed by atoms with E-state index in [2.05, 4.69) is 5.32 Å². The summed E-state index contributed by atoms with van der Waals surface area (Å²) < 4.78 is 37.6. The van der Waals surface area contributed by atoms with Gasteiger partial charge in [-0.15, -0.1) is 0 Å². The Morgan fingerprint density at radius 1 is 0.964 bits per heavy atom. The predicted octanol–water partition coefficient (Wildman–Crippen LogP) is 1.67. The minimum absolute atomic E-state index is 0.106. The topological polar surface area (TPSA) is 69.7 Å². The Bertz CT molecular complexity index is 778. The molecular formula is C19H20F3N3O3. The third-order valence-electron chi connectivity index (χ3n) is 4.64. The van der Waals surface area contributed by atoms with Crippen molar-refractivity contribution in [2.75, 3.05) is 26.2 Å². The van der Waals surface area contributed by atoms with Gasteiger partial charge >= 0.3 is 18.0 Å². The molecule has 0 spiro atoms. The molecule has 2 aliphatic rings. The number of nitrogens with one attached hydrogen (secondary N) is 1. The normalized spacial score (nSPS) is 17.7. The van der Waals surface area contributed by atoms with Gasteiger partial charge in [-0.05, 0) is 36.6 Å². The fraction of sp³-hybridized carbons (Fsp3) is 0.421. The summed E-state index contributed by atoms with van der Waals surface area (Å²) in [4.78, 5) is 39.0. The van der Waals surface area contributed by atoms with Crippen LogP contribution in [0.3, 0.4) is 0 Å². The maximum absolute atomic E-state index is 12.5. The van der Waals surface area contributed by atoms with Crippen LogP contribution in [-0.2, 0) is 20.6 Å². The molecule has 0 bridgehead atoms. The van der Waals surface area contributed by atoms with Gasteiger partial charge in [0.25, 0.3) is 0 Å². The van der Waals surface area contributed by atoms with Crippen molar-refractivity contribution in [2.45, 2.75) is 25.1 Å². The monoisotopic (exact) mass is 395 g/mol. The summed E-state index contributed by atoms with van der Waals surface area (Å²) in [5, 5.41) is 2.64. The van der Waals surface area contributed by atoms with Crippen molar-refractivity contribution in [2.24, 2.45) is 0 Å². The summed E-state index contributed by atoms with van der Waals surface area (Å²) in [6, 6.07) is 4.61. The maximum atomic E-state index is 12.5. The Kier molecular flexibility index (Phi) is 5.71. The van der Waals surface area contributed by atoms with Gasteiger partial charge in [0.1, 0.15) is 0 Å². The van der Waals surface area contributed by atoms with Crippen LogP contribution in [0.2, 0.25) is 0 Å². The van der Waals surface area contributed by atoms with Crippen molar-refractivity contribution in [3.05, 3.63) is 41.5 Å². The van der Waals surface area contributed by atoms with E-state index < -0.39 is 23.6 Å². The second-order valence-corrected chi connectivity index (χ2v) is 6.82. The largest absolute Gasteiger partial charge is 0.416 e. The Hall–Kier alpha value is -2.84. The number of hydrogen-bond donors (Lipinski definition) is 1. The second kappa shape index (κ2) is 8.04. The number of halogens is 3. The fourth-order valence-electron chi connectivity index (χ4n) is 2.80. The van der Waals surface area contributed by atoms with Crippen LogP contribution in [0.15, 0.2) is 30.3 Å². The highest BCUT2D eigenvalue weighted by molar-refractivity contribution is 6.35. The van der Waals surface area contributed by atoms with Gasteiger partial charge in [0.15, 0.2) is 0 Å². The van der Waals surface area contributed by atoms with E-state index in [4.69, 9.17) is 0 Å². The van der Waals surface area contributed by atoms with E-state index in [1.54, 1.807) is 0 Å². The van der Waals surface area contributed by atoms with Gasteiger partial charge in [-0.2, -0.15) is 13.2 Å². The molecule has 0 unspecified atom stereocenters. The number of rotatable bonds is 3. The molecule has 6 nitrogen and oxygen atoms in total. The smallest absolute Gasteiger partial charge is 0.345 e. The number of amides is 3. The molecule has 3 amide bonds. The Labute approximate surface area is 160 Å². The van der Waals surface area contributed by atoms with Crippen molar-refractivity contribution >= 4 is 23.8 Å². The number of piperazine rings is 1. The molecule has 1 aliphatic carbocycles. The van der Waals surface area contributed by atoms with Crippen molar-refractivity contribution < 1.29 is 27.6 Å². The molecule has 1 heterocycles. The zero-order valence-electron chi connectivity index (χ0n) is 15.0. The van der Waals surface area contributed by atoms with Crippen LogP contribution in [0.5, 0.6) is 0 Å². The third-order valence-corrected chi connectivity index (χ3v) is 4.64. The lowest BCUT2D eigenvalue weighted by Gasteiger charge is -2.33. The zero-order valence-corrected chi connectivity index (χ0v) is 15.0. The van der Waals surface area contributed by atoms with E-state index in [-0.39, 0.29) is 25.0 Å². The molecule has 1 aliphatic heterocycles. The first-order valence-corrected chi connectivity index (χ1v) is 8.98. The lowest BCUT2D eigenvalue weighted by atomic mass is 10.1. The maximum Gasteiger partial charge on any atom is 0.416 e. The first kappa shape index (κ1) is 19.9. The standard InChI is InChI=1S/C19H20F3N3O3/c20-19(21,22)14-4-1-13(2-5-14)3-8-16(26)24-9-11-25(12-10-24)18(28)17(27)23-15-6-7-15/h1-5,8,15H,6-7,9-12H2,(H,23,27)/b8-3+. The van der Waals surface area contributed by atoms with Gasteiger partial charge in [0, 0.05) is 38.3 Å². The van der Waals surface area contributed by atoms with Gasteiger partial charge in [0.2, 0.25) is 5.91 Å². The van der Waals surface area contributed by atoms with Gasteiger partial charge in [-0.3, -0.25) is 14.4 Å². The number of carbonyl (C=O) groups excluding carboxylic acids is 3. The molecule has 2 fully saturated rings. The molecule has 150 valence electrons. The lowest BCUT2D eigenvalue weighted by Crippen LogP contribution is -2.53. The highest BCUT2D eigenvalue weighted by atomic mass is 19.4. The second-order valence-electron chi connectivity index (χ2n) is 6.82. The number of carbonyl (C=O) groups is 3. The number of nitrogens with zero attached hydrogens (tertiary/aromatic N) is 2. The zero-order chi connectivity index (χ0) is 20.3. The number of hydrogen-bond acceptors (Lipinski definition) is 3. The van der Waals surface area contributed by atoms with E-state index in [1.807, 2.05) is 0 Å². The van der Waals surface area contributed by atoms with Gasteiger partial charge in [0.05, 0.1) is 5.56 Å². The summed E-state index contributed by atoms with van der Waals surface area (Å²) in [7, 11) is 0. The Morgan fingerprint density at radius 3 is 2.07 bits per heavy atom. The van der Waals surface area contributed by atoms with Crippen molar-refractivity contribution in [1.29, 1.82) is 0 Å². The molecule has 9 heteroatoms. The van der Waals surface area contributed by atoms with Crippen molar-refractivity contribution in [3.8, 4) is 0 Å². The quantitative estimate of drug-likeness (QED) is 0.625. The van der Waals surface area contributed by atoms with Crippen LogP contribution < -0.4 is 5.32 Å². The first-order chi connectivity index (χ1) is 13.2. The lowest BCUT2D eigenvalue weighted by molar-refractivity contribution is -0.148. The van der Waals surface area contributed by atoms with E-state index in [0.717, 1.165) is 25.0 Å². The minimum atomic E-state index is -4.40. The summed E-state index contributed by atoms with van der Waals surface area (Å²) in [5.74, 6) is -1.49. The molecule has 3 rings (SSSR count). The van der Waals surface area contributed by atoms with Crippen molar-refractivity contribution in [1.82, 2.24) is 15.1 Å². The molecule has 1 aromatic rings. The molecule has 28 heavy (non-hydrogen) atoms. The molecule has 1 aromatic carbocycles. The van der Waals surface area contributed by atoms with E-state index in [9.17, 15) is 27.6 Å². The van der Waals surface area contributed by atoms with Crippen LogP contribution in [0, 0.1) is 0 Å². The molecule has 1 saturated heterocycles. The van der Waals surface area contributed by atoms with E-state index in [1.165, 1.54) is 34.1 Å². The fourth-order valence-corrected chi connectivity index (χ4v) is 2.80. The molecule has 0 radical (unpaired) electrons. The molecule has 1 saturated carbocycles. The third kappa shape index (κ3) is 5.11. The molecule has 1 N–H and O–H groups in total. The Morgan fingerprint density at radius 2 is 1.54 bits per heavy atom. The SMILES string of the molecule is O=C(NC1CC1)C(=O)N1CCN(C(=O)/C=C/c2ccc(C(F)(F)F)cc2)CC1. The molecule has 0 atom stereocenters. The first-order valence-electron chi connectivity index (χ1n) is 8.98. The average Bonchev–Trinajstić information content (AvgIpc) is 3.49. The van der Waals surface area contributed by atoms with Gasteiger partial charge in [-0.1, -0.05) is 12.1 Å². The van der Waals surface area contributed by atoms with Crippen LogP contribution in [0.4, 0.5) is 13.2 Å². The highest BCUT2D eigenvalue weighted by Gasteiger charge is 2.31. The van der Waals surface area contributed by atoms with E-state index >= 15 is 0 Å². The van der Waals surface area contributed by atoms with Gasteiger partial charge < -0.3 is 15.1 Å². The van der Waals surface area contributed by atoms with Crippen LogP contribution in [-0.4, -0.2) is 59.7 Å². The van der Waals surface area contributed by atoms with Crippen LogP contribution >= 0.6 is 0 Å². The predicted molar refractivity (Wildman–Crippen MR) is 94.8 cm³/mol. The summed E-state index contributed by atoms with van der Waals surface area (Å²) in [5.41, 5.74) is -0.269. The van der Waals surface area contributed by atoms with E-state index in [0.29, 0.717) is 18.7 Å². The van der Waals surface area contributed by atoms with Gasteiger partial charge in [-0.25, -0.2) is 0 Å². The average molecular weight is 395 g/mol. The summed E-state index contributed by atoms with van der Waals surface area (Å²) >= 11 is 0. The summed E-state index contributed by atoms with van der Waals surface area (Å²) in [6.07, 6.45) is 0.132. The summed E-state index contributed by atoms with van der Waals surface area (Å²) in [6.45, 7) is 1.10. The van der Waals surface area contributed by atoms with Crippen molar-refractivity contribution in [3.63, 3.8) is 0 Å². The number of alkyl halides is 3. The number of benzene rings is 1. The van der Waals surface area contributed by atoms with Crippen LogP contribution in [0.25, 0.3) is 6.08 Å². The minimum Gasteiger partial charge on any atom is -0.345 e. The highest BCUT2D eigenvalue weighted by Crippen LogP contribution is 2.29. The van der Waals surface area contributed by atoms with Crippen LogP contribution in [0.1, 0.15) is 24.0 Å². The molecule has 0 aromatic heterocycles. The Balaban J connectivity index is 1.48.